The van der Waals surface area contributed by atoms with Gasteiger partial charge in [-0.1, -0.05) is 36.4 Å². The first kappa shape index (κ1) is 19.8. The summed E-state index contributed by atoms with van der Waals surface area (Å²) in [7, 11) is 1.54. The Hall–Kier alpha value is -3.93. The summed E-state index contributed by atoms with van der Waals surface area (Å²) in [6.45, 7) is 0. The van der Waals surface area contributed by atoms with Crippen molar-refractivity contribution in [1.29, 1.82) is 0 Å². The minimum absolute atomic E-state index is 0.294. The van der Waals surface area contributed by atoms with E-state index >= 15 is 0 Å². The van der Waals surface area contributed by atoms with Crippen LogP contribution in [0.2, 0.25) is 0 Å². The lowest BCUT2D eigenvalue weighted by atomic mass is 10.1. The van der Waals surface area contributed by atoms with E-state index in [-0.39, 0.29) is 5.91 Å². The van der Waals surface area contributed by atoms with E-state index in [2.05, 4.69) is 10.6 Å². The predicted octanol–water partition coefficient (Wildman–Crippen LogP) is 4.74. The molecule has 0 atom stereocenters. The summed E-state index contributed by atoms with van der Waals surface area (Å²) in [6.07, 6.45) is 2.60. The molecule has 0 radical (unpaired) electrons. The fraction of sp³-hybridized carbons (Fsp3) is 0.0435. The second-order valence-electron chi connectivity index (χ2n) is 6.08. The standard InChI is InChI=1S/C23H19FN2O3/c1-29-18-9-6-8-17(15-18)25-23(28)19-10-3-5-12-21(19)26-22(27)14-13-16-7-2-4-11-20(16)24/h2-15H,1H3,(H,25,28)(H,26,27)/b14-13+. The van der Waals surface area contributed by atoms with Gasteiger partial charge in [-0.3, -0.25) is 9.59 Å². The molecule has 0 aromatic heterocycles. The van der Waals surface area contributed by atoms with Gasteiger partial charge in [0, 0.05) is 23.4 Å². The molecular weight excluding hydrogens is 371 g/mol. The average molecular weight is 390 g/mol. The summed E-state index contributed by atoms with van der Waals surface area (Å²) in [5.74, 6) is -0.667. The Balaban J connectivity index is 1.73. The summed E-state index contributed by atoms with van der Waals surface area (Å²) >= 11 is 0. The third-order valence-electron chi connectivity index (χ3n) is 4.08. The van der Waals surface area contributed by atoms with Crippen LogP contribution >= 0.6 is 0 Å². The van der Waals surface area contributed by atoms with E-state index in [0.717, 1.165) is 0 Å². The maximum Gasteiger partial charge on any atom is 0.257 e. The van der Waals surface area contributed by atoms with Gasteiger partial charge in [-0.05, 0) is 36.4 Å². The second kappa shape index (κ2) is 9.32. The van der Waals surface area contributed by atoms with Crippen molar-refractivity contribution in [2.75, 3.05) is 17.7 Å². The number of hydrogen-bond donors (Lipinski definition) is 2. The summed E-state index contributed by atoms with van der Waals surface area (Å²) in [4.78, 5) is 24.9. The van der Waals surface area contributed by atoms with Crippen LogP contribution in [0.3, 0.4) is 0 Å². The highest BCUT2D eigenvalue weighted by Crippen LogP contribution is 2.20. The molecule has 0 unspecified atom stereocenters. The van der Waals surface area contributed by atoms with Crippen LogP contribution in [0.25, 0.3) is 6.08 Å². The molecule has 0 saturated heterocycles. The average Bonchev–Trinajstić information content (AvgIpc) is 2.73. The van der Waals surface area contributed by atoms with E-state index < -0.39 is 11.7 Å². The van der Waals surface area contributed by atoms with Gasteiger partial charge in [0.1, 0.15) is 11.6 Å². The van der Waals surface area contributed by atoms with E-state index in [9.17, 15) is 14.0 Å². The van der Waals surface area contributed by atoms with E-state index in [1.54, 1.807) is 73.8 Å². The maximum absolute atomic E-state index is 13.7. The topological polar surface area (TPSA) is 67.4 Å². The van der Waals surface area contributed by atoms with Crippen molar-refractivity contribution in [1.82, 2.24) is 0 Å². The third-order valence-corrected chi connectivity index (χ3v) is 4.08. The molecule has 0 heterocycles. The van der Waals surface area contributed by atoms with Crippen molar-refractivity contribution in [3.63, 3.8) is 0 Å². The molecule has 3 aromatic carbocycles. The number of methoxy groups -OCH3 is 1. The fourth-order valence-corrected chi connectivity index (χ4v) is 2.64. The first-order valence-electron chi connectivity index (χ1n) is 8.85. The van der Waals surface area contributed by atoms with Crippen molar-refractivity contribution in [3.8, 4) is 5.75 Å². The Morgan fingerprint density at radius 1 is 0.931 bits per heavy atom. The molecule has 0 aliphatic rings. The Morgan fingerprint density at radius 2 is 1.69 bits per heavy atom. The van der Waals surface area contributed by atoms with Crippen LogP contribution in [0, 0.1) is 5.82 Å². The van der Waals surface area contributed by atoms with Crippen LogP contribution in [0.5, 0.6) is 5.75 Å². The lowest BCUT2D eigenvalue weighted by molar-refractivity contribution is -0.111. The van der Waals surface area contributed by atoms with E-state index in [4.69, 9.17) is 4.74 Å². The smallest absolute Gasteiger partial charge is 0.257 e. The molecule has 5 nitrogen and oxygen atoms in total. The molecule has 0 aliphatic heterocycles. The van der Waals surface area contributed by atoms with Gasteiger partial charge >= 0.3 is 0 Å². The molecule has 3 rings (SSSR count). The van der Waals surface area contributed by atoms with E-state index in [1.807, 2.05) is 0 Å². The van der Waals surface area contributed by atoms with Gasteiger partial charge in [0.25, 0.3) is 5.91 Å². The largest absolute Gasteiger partial charge is 0.497 e. The minimum atomic E-state index is -0.477. The number of benzene rings is 3. The van der Waals surface area contributed by atoms with Gasteiger partial charge in [-0.2, -0.15) is 0 Å². The summed E-state index contributed by atoms with van der Waals surface area (Å²) in [5.41, 5.74) is 1.50. The highest BCUT2D eigenvalue weighted by molar-refractivity contribution is 6.11. The molecule has 0 fully saturated rings. The molecule has 0 aliphatic carbocycles. The van der Waals surface area contributed by atoms with Crippen LogP contribution in [0.15, 0.2) is 78.9 Å². The number of carbonyl (C=O) groups is 2. The monoisotopic (exact) mass is 390 g/mol. The van der Waals surface area contributed by atoms with Gasteiger partial charge in [-0.15, -0.1) is 0 Å². The van der Waals surface area contributed by atoms with Crippen molar-refractivity contribution in [3.05, 3.63) is 95.8 Å². The predicted molar refractivity (Wildman–Crippen MR) is 111 cm³/mol. The molecule has 0 saturated carbocycles. The minimum Gasteiger partial charge on any atom is -0.497 e. The van der Waals surface area contributed by atoms with Crippen LogP contribution in [-0.4, -0.2) is 18.9 Å². The lowest BCUT2D eigenvalue weighted by Crippen LogP contribution is -2.17. The molecule has 6 heteroatoms. The molecular formula is C23H19FN2O3. The number of nitrogens with one attached hydrogen (secondary N) is 2. The number of carbonyl (C=O) groups excluding carboxylic acids is 2. The van der Waals surface area contributed by atoms with Crippen molar-refractivity contribution < 1.29 is 18.7 Å². The van der Waals surface area contributed by atoms with Crippen molar-refractivity contribution >= 4 is 29.3 Å². The number of para-hydroxylation sites is 1. The normalized spacial score (nSPS) is 10.6. The first-order valence-corrected chi connectivity index (χ1v) is 8.85. The summed E-state index contributed by atoms with van der Waals surface area (Å²) in [6, 6.07) is 19.7. The Morgan fingerprint density at radius 3 is 2.48 bits per heavy atom. The zero-order valence-electron chi connectivity index (χ0n) is 15.7. The zero-order chi connectivity index (χ0) is 20.6. The summed E-state index contributed by atoms with van der Waals surface area (Å²) in [5, 5.41) is 5.43. The number of anilines is 2. The van der Waals surface area contributed by atoms with Gasteiger partial charge in [-0.25, -0.2) is 4.39 Å². The first-order chi connectivity index (χ1) is 14.1. The molecule has 2 N–H and O–H groups in total. The molecule has 0 spiro atoms. The van der Waals surface area contributed by atoms with Gasteiger partial charge in [0.2, 0.25) is 5.91 Å². The molecule has 146 valence electrons. The Bertz CT molecular complexity index is 1060. The van der Waals surface area contributed by atoms with Crippen molar-refractivity contribution in [2.45, 2.75) is 0 Å². The van der Waals surface area contributed by atoms with Crippen LogP contribution in [-0.2, 0) is 4.79 Å². The van der Waals surface area contributed by atoms with E-state index in [0.29, 0.717) is 28.3 Å². The molecule has 0 bridgehead atoms. The fourth-order valence-electron chi connectivity index (χ4n) is 2.64. The second-order valence-corrected chi connectivity index (χ2v) is 6.08. The Kier molecular flexibility index (Phi) is 6.37. The number of hydrogen-bond acceptors (Lipinski definition) is 3. The van der Waals surface area contributed by atoms with Gasteiger partial charge in [0.15, 0.2) is 0 Å². The van der Waals surface area contributed by atoms with Crippen LogP contribution in [0.4, 0.5) is 15.8 Å². The van der Waals surface area contributed by atoms with Gasteiger partial charge in [0.05, 0.1) is 18.4 Å². The van der Waals surface area contributed by atoms with Gasteiger partial charge < -0.3 is 15.4 Å². The number of amides is 2. The number of halogens is 1. The highest BCUT2D eigenvalue weighted by atomic mass is 19.1. The van der Waals surface area contributed by atoms with Crippen LogP contribution < -0.4 is 15.4 Å². The third kappa shape index (κ3) is 5.29. The summed E-state index contributed by atoms with van der Waals surface area (Å²) < 4.78 is 18.8. The van der Waals surface area contributed by atoms with Crippen LogP contribution in [0.1, 0.15) is 15.9 Å². The van der Waals surface area contributed by atoms with Crippen molar-refractivity contribution in [2.24, 2.45) is 0 Å². The Labute approximate surface area is 167 Å². The molecule has 3 aromatic rings. The highest BCUT2D eigenvalue weighted by Gasteiger charge is 2.13. The molecule has 2 amide bonds. The maximum atomic E-state index is 13.7. The quantitative estimate of drug-likeness (QED) is 0.598. The molecule has 29 heavy (non-hydrogen) atoms. The number of rotatable bonds is 6. The van der Waals surface area contributed by atoms with E-state index in [1.165, 1.54) is 18.2 Å². The SMILES string of the molecule is COc1cccc(NC(=O)c2ccccc2NC(=O)/C=C/c2ccccc2F)c1. The zero-order valence-corrected chi connectivity index (χ0v) is 15.7. The number of ether oxygens (including phenoxy) is 1. The lowest BCUT2D eigenvalue weighted by Gasteiger charge is -2.11.